The lowest BCUT2D eigenvalue weighted by Crippen LogP contribution is -2.27. The van der Waals surface area contributed by atoms with E-state index in [-0.39, 0.29) is 21.6 Å². The third-order valence-electron chi connectivity index (χ3n) is 5.70. The van der Waals surface area contributed by atoms with Crippen molar-refractivity contribution in [2.45, 2.75) is 18.4 Å². The van der Waals surface area contributed by atoms with E-state index in [1.165, 1.54) is 15.1 Å². The van der Waals surface area contributed by atoms with Gasteiger partial charge in [-0.15, -0.1) is 0 Å². The van der Waals surface area contributed by atoms with Crippen molar-refractivity contribution in [1.82, 2.24) is 8.87 Å². The highest BCUT2D eigenvalue weighted by Crippen LogP contribution is 2.35. The van der Waals surface area contributed by atoms with Crippen LogP contribution in [0.3, 0.4) is 0 Å². The first-order chi connectivity index (χ1) is 16.7. The molecule has 0 bridgehead atoms. The highest BCUT2D eigenvalue weighted by molar-refractivity contribution is 14.1. The van der Waals surface area contributed by atoms with Gasteiger partial charge >= 0.3 is 0 Å². The number of imide groups is 1. The molecule has 1 aromatic heterocycles. The van der Waals surface area contributed by atoms with Crippen LogP contribution in [0.15, 0.2) is 88.8 Å². The maximum Gasteiger partial charge on any atom is 0.293 e. The monoisotopic (exact) mass is 614 g/mol. The number of rotatable bonds is 5. The summed E-state index contributed by atoms with van der Waals surface area (Å²) in [6.45, 7) is 2.08. The van der Waals surface area contributed by atoms with Gasteiger partial charge in [-0.1, -0.05) is 48.0 Å². The highest BCUT2D eigenvalue weighted by atomic mass is 127. The van der Waals surface area contributed by atoms with Gasteiger partial charge in [0.2, 0.25) is 0 Å². The minimum absolute atomic E-state index is 0.174. The number of aryl methyl sites for hydroxylation is 1. The number of para-hydroxylation sites is 1. The van der Waals surface area contributed by atoms with Crippen LogP contribution in [0.2, 0.25) is 0 Å². The number of hydrogen-bond acceptors (Lipinski definition) is 5. The SMILES string of the molecule is Cc1ccc(S(=O)(=O)n2cc(/C=C3\SC(=O)N(Cc4ccc(I)cc4)C3=O)c3ccccc32)cc1. The Kier molecular flexibility index (Phi) is 6.32. The summed E-state index contributed by atoms with van der Waals surface area (Å²) in [4.78, 5) is 27.3. The molecule has 0 N–H and O–H groups in total. The van der Waals surface area contributed by atoms with Crippen LogP contribution in [0.5, 0.6) is 0 Å². The first-order valence-corrected chi connectivity index (χ1v) is 14.0. The van der Waals surface area contributed by atoms with E-state index in [2.05, 4.69) is 22.6 Å². The fourth-order valence-corrected chi connectivity index (χ4v) is 6.43. The van der Waals surface area contributed by atoms with Crippen molar-refractivity contribution < 1.29 is 18.0 Å². The van der Waals surface area contributed by atoms with E-state index in [1.807, 2.05) is 37.3 Å². The Morgan fingerprint density at radius 3 is 2.34 bits per heavy atom. The van der Waals surface area contributed by atoms with Crippen molar-refractivity contribution in [2.75, 3.05) is 0 Å². The predicted octanol–water partition coefficient (Wildman–Crippen LogP) is 6.03. The predicted molar refractivity (Wildman–Crippen MR) is 146 cm³/mol. The van der Waals surface area contributed by atoms with Crippen molar-refractivity contribution in [1.29, 1.82) is 0 Å². The Morgan fingerprint density at radius 2 is 1.63 bits per heavy atom. The normalized spacial score (nSPS) is 15.5. The van der Waals surface area contributed by atoms with Gasteiger partial charge in [-0.2, -0.15) is 0 Å². The second kappa shape index (κ2) is 9.29. The van der Waals surface area contributed by atoms with Gasteiger partial charge in [-0.3, -0.25) is 14.5 Å². The van der Waals surface area contributed by atoms with Crippen LogP contribution < -0.4 is 0 Å². The third kappa shape index (κ3) is 4.55. The van der Waals surface area contributed by atoms with Gasteiger partial charge in [-0.25, -0.2) is 12.4 Å². The van der Waals surface area contributed by atoms with Crippen LogP contribution in [0.1, 0.15) is 16.7 Å². The maximum absolute atomic E-state index is 13.4. The molecule has 1 saturated heterocycles. The average Bonchev–Trinajstić information content (AvgIpc) is 3.34. The first kappa shape index (κ1) is 23.8. The van der Waals surface area contributed by atoms with Gasteiger partial charge < -0.3 is 0 Å². The van der Waals surface area contributed by atoms with E-state index < -0.39 is 15.9 Å². The molecule has 5 rings (SSSR count). The van der Waals surface area contributed by atoms with Crippen molar-refractivity contribution in [2.24, 2.45) is 0 Å². The molecule has 0 atom stereocenters. The number of benzene rings is 3. The number of thioether (sulfide) groups is 1. The summed E-state index contributed by atoms with van der Waals surface area (Å²) >= 11 is 3.06. The molecule has 6 nitrogen and oxygen atoms in total. The Bertz CT molecular complexity index is 1610. The lowest BCUT2D eigenvalue weighted by Gasteiger charge is -2.12. The zero-order chi connectivity index (χ0) is 24.7. The van der Waals surface area contributed by atoms with Crippen molar-refractivity contribution in [3.8, 4) is 0 Å². The summed E-state index contributed by atoms with van der Waals surface area (Å²) < 4.78 is 29.1. The summed E-state index contributed by atoms with van der Waals surface area (Å²) in [7, 11) is -3.86. The molecule has 176 valence electrons. The fourth-order valence-electron chi connectivity index (χ4n) is 3.86. The number of carbonyl (C=O) groups excluding carboxylic acids is 2. The molecule has 2 amide bonds. The number of fused-ring (bicyclic) bond motifs is 1. The number of carbonyl (C=O) groups is 2. The van der Waals surface area contributed by atoms with Gasteiger partial charge in [-0.05, 0) is 83.2 Å². The summed E-state index contributed by atoms with van der Waals surface area (Å²) in [5.74, 6) is -0.392. The van der Waals surface area contributed by atoms with Crippen LogP contribution >= 0.6 is 34.4 Å². The van der Waals surface area contributed by atoms with E-state index in [9.17, 15) is 18.0 Å². The molecule has 4 aromatic rings. The molecule has 0 aliphatic carbocycles. The maximum atomic E-state index is 13.4. The molecule has 0 unspecified atom stereocenters. The zero-order valence-electron chi connectivity index (χ0n) is 18.5. The molecule has 2 heterocycles. The molecule has 1 aliphatic heterocycles. The van der Waals surface area contributed by atoms with Crippen molar-refractivity contribution in [3.63, 3.8) is 0 Å². The standard InChI is InChI=1S/C26H19IN2O4S2/c1-17-6-12-21(13-7-17)35(32,33)29-16-19(22-4-2-3-5-23(22)29)14-24-25(30)28(26(31)34-24)15-18-8-10-20(27)11-9-18/h2-14,16H,15H2,1H3/b24-14-. The molecule has 9 heteroatoms. The number of amides is 2. The van der Waals surface area contributed by atoms with E-state index in [0.717, 1.165) is 26.5 Å². The lowest BCUT2D eigenvalue weighted by molar-refractivity contribution is -0.123. The van der Waals surface area contributed by atoms with Crippen LogP contribution in [0, 0.1) is 10.5 Å². The summed E-state index contributed by atoms with van der Waals surface area (Å²) in [6.07, 6.45) is 3.11. The molecule has 3 aromatic carbocycles. The molecule has 1 aliphatic rings. The van der Waals surface area contributed by atoms with Crippen LogP contribution in [0.25, 0.3) is 17.0 Å². The minimum atomic E-state index is -3.86. The minimum Gasteiger partial charge on any atom is -0.268 e. The number of halogens is 1. The molecular weight excluding hydrogens is 595 g/mol. The topological polar surface area (TPSA) is 76.5 Å². The van der Waals surface area contributed by atoms with E-state index in [4.69, 9.17) is 0 Å². The second-order valence-corrected chi connectivity index (χ2v) is 12.2. The fraction of sp³-hybridized carbons (Fsp3) is 0.0769. The Hall–Kier alpha value is -2.89. The second-order valence-electron chi connectivity index (χ2n) is 8.11. The van der Waals surface area contributed by atoms with Crippen LogP contribution in [-0.2, 0) is 21.4 Å². The van der Waals surface area contributed by atoms with E-state index >= 15 is 0 Å². The quantitative estimate of drug-likeness (QED) is 0.203. The van der Waals surface area contributed by atoms with Crippen molar-refractivity contribution >= 4 is 72.5 Å². The zero-order valence-corrected chi connectivity index (χ0v) is 22.3. The molecule has 1 fully saturated rings. The number of aromatic nitrogens is 1. The molecular formula is C26H19IN2O4S2. The van der Waals surface area contributed by atoms with Crippen LogP contribution in [-0.4, -0.2) is 28.4 Å². The largest absolute Gasteiger partial charge is 0.293 e. The van der Waals surface area contributed by atoms with Gasteiger partial charge in [0.05, 0.1) is 21.9 Å². The molecule has 0 saturated carbocycles. The molecule has 0 spiro atoms. The van der Waals surface area contributed by atoms with Crippen LogP contribution in [0.4, 0.5) is 4.79 Å². The first-order valence-electron chi connectivity index (χ1n) is 10.7. The number of nitrogens with zero attached hydrogens (tertiary/aromatic N) is 2. The number of hydrogen-bond donors (Lipinski definition) is 0. The molecule has 0 radical (unpaired) electrons. The van der Waals surface area contributed by atoms with Gasteiger partial charge in [0, 0.05) is 20.7 Å². The highest BCUT2D eigenvalue weighted by Gasteiger charge is 2.35. The van der Waals surface area contributed by atoms with E-state index in [0.29, 0.717) is 16.5 Å². The average molecular weight is 614 g/mol. The van der Waals surface area contributed by atoms with E-state index in [1.54, 1.807) is 48.5 Å². The van der Waals surface area contributed by atoms with Gasteiger partial charge in [0.1, 0.15) is 0 Å². The molecule has 35 heavy (non-hydrogen) atoms. The Morgan fingerprint density at radius 1 is 0.943 bits per heavy atom. The summed E-state index contributed by atoms with van der Waals surface area (Å²) in [5.41, 5.74) is 2.87. The lowest BCUT2D eigenvalue weighted by atomic mass is 10.1. The Labute approximate surface area is 220 Å². The smallest absolute Gasteiger partial charge is 0.268 e. The van der Waals surface area contributed by atoms with Crippen molar-refractivity contribution in [3.05, 3.63) is 104 Å². The Balaban J connectivity index is 1.53. The third-order valence-corrected chi connectivity index (χ3v) is 9.02. The summed E-state index contributed by atoms with van der Waals surface area (Å²) in [5, 5.41) is 0.323. The van der Waals surface area contributed by atoms with Gasteiger partial charge in [0.15, 0.2) is 0 Å². The summed E-state index contributed by atoms with van der Waals surface area (Å²) in [6, 6.07) is 21.4. The van der Waals surface area contributed by atoms with Gasteiger partial charge in [0.25, 0.3) is 21.2 Å².